The molecule has 4 rings (SSSR count). The summed E-state index contributed by atoms with van der Waals surface area (Å²) in [6.45, 7) is 0. The van der Waals surface area contributed by atoms with Crippen molar-refractivity contribution in [2.75, 3.05) is 16.0 Å². The fourth-order valence-electron chi connectivity index (χ4n) is 3.30. The number of anilines is 3. The first kappa shape index (κ1) is 25.1. The predicted octanol–water partition coefficient (Wildman–Crippen LogP) is 8.27. The summed E-state index contributed by atoms with van der Waals surface area (Å²) in [7, 11) is 0. The molecule has 1 atom stereocenters. The molecule has 4 aromatic carbocycles. The Morgan fingerprint density at radius 1 is 0.743 bits per heavy atom. The van der Waals surface area contributed by atoms with E-state index >= 15 is 0 Å². The summed E-state index contributed by atoms with van der Waals surface area (Å²) < 4.78 is 0. The molecule has 1 amide bonds. The van der Waals surface area contributed by atoms with E-state index in [4.69, 9.17) is 35.4 Å². The second-order valence-corrected chi connectivity index (χ2v) is 9.84. The van der Waals surface area contributed by atoms with Crippen molar-refractivity contribution >= 4 is 75.3 Å². The summed E-state index contributed by atoms with van der Waals surface area (Å²) in [4.78, 5) is 14.3. The molecule has 0 aromatic heterocycles. The number of benzene rings is 4. The SMILES string of the molecule is O=C(Nc1cccc(Cl)c1Cl)C(Sc1cccc(NC(=S)Nc2ccccc2)c1)c1ccccc1. The number of carbonyl (C=O) groups is 1. The average Bonchev–Trinajstić information content (AvgIpc) is 2.86. The molecule has 0 aliphatic rings. The zero-order valence-corrected chi connectivity index (χ0v) is 21.5. The summed E-state index contributed by atoms with van der Waals surface area (Å²) in [5.41, 5.74) is 3.05. The minimum atomic E-state index is -0.518. The molecule has 0 fully saturated rings. The Bertz CT molecular complexity index is 1320. The van der Waals surface area contributed by atoms with E-state index in [9.17, 15) is 4.79 Å². The van der Waals surface area contributed by atoms with E-state index in [0.29, 0.717) is 20.8 Å². The van der Waals surface area contributed by atoms with Crippen molar-refractivity contribution in [3.63, 3.8) is 0 Å². The third-order valence-corrected chi connectivity index (χ3v) is 7.20. The highest BCUT2D eigenvalue weighted by atomic mass is 35.5. The maximum absolute atomic E-state index is 13.4. The standard InChI is InChI=1S/C27H21Cl2N3OS2/c28-22-15-8-16-23(24(22)29)32-26(33)25(18-9-3-1-4-10-18)35-21-14-7-13-20(17-21)31-27(34)30-19-11-5-2-6-12-19/h1-17,25H,(H,32,33)(H2,30,31,34). The van der Waals surface area contributed by atoms with Gasteiger partial charge in [-0.2, -0.15) is 0 Å². The lowest BCUT2D eigenvalue weighted by Crippen LogP contribution is -2.20. The van der Waals surface area contributed by atoms with E-state index in [0.717, 1.165) is 21.8 Å². The maximum Gasteiger partial charge on any atom is 0.242 e. The molecule has 8 heteroatoms. The van der Waals surface area contributed by atoms with Crippen molar-refractivity contribution in [3.8, 4) is 0 Å². The number of nitrogens with one attached hydrogen (secondary N) is 3. The smallest absolute Gasteiger partial charge is 0.242 e. The van der Waals surface area contributed by atoms with Crippen LogP contribution in [-0.2, 0) is 4.79 Å². The van der Waals surface area contributed by atoms with Gasteiger partial charge in [-0.1, -0.05) is 83.9 Å². The fourth-order valence-corrected chi connectivity index (χ4v) is 4.96. The third kappa shape index (κ3) is 6.99. The number of hydrogen-bond donors (Lipinski definition) is 3. The van der Waals surface area contributed by atoms with Crippen LogP contribution < -0.4 is 16.0 Å². The number of para-hydroxylation sites is 1. The van der Waals surface area contributed by atoms with Gasteiger partial charge in [0.25, 0.3) is 0 Å². The highest BCUT2D eigenvalue weighted by molar-refractivity contribution is 8.00. The largest absolute Gasteiger partial charge is 0.332 e. The molecule has 0 aliphatic carbocycles. The number of amides is 1. The summed E-state index contributed by atoms with van der Waals surface area (Å²) in [6.07, 6.45) is 0. The molecule has 0 saturated heterocycles. The second-order valence-electron chi connectivity index (χ2n) is 7.47. The molecule has 3 N–H and O–H groups in total. The van der Waals surface area contributed by atoms with Crippen LogP contribution in [0.4, 0.5) is 17.1 Å². The van der Waals surface area contributed by atoms with Crippen molar-refractivity contribution < 1.29 is 4.79 Å². The Labute approximate surface area is 224 Å². The van der Waals surface area contributed by atoms with Crippen LogP contribution in [0.15, 0.2) is 108 Å². The minimum Gasteiger partial charge on any atom is -0.332 e. The zero-order valence-electron chi connectivity index (χ0n) is 18.4. The van der Waals surface area contributed by atoms with Gasteiger partial charge >= 0.3 is 0 Å². The van der Waals surface area contributed by atoms with Gasteiger partial charge in [0.1, 0.15) is 5.25 Å². The van der Waals surface area contributed by atoms with Crippen molar-refractivity contribution in [1.82, 2.24) is 0 Å². The van der Waals surface area contributed by atoms with Gasteiger partial charge in [-0.05, 0) is 60.2 Å². The Morgan fingerprint density at radius 3 is 2.11 bits per heavy atom. The van der Waals surface area contributed by atoms with E-state index < -0.39 is 5.25 Å². The molecular weight excluding hydrogens is 517 g/mol. The molecule has 35 heavy (non-hydrogen) atoms. The van der Waals surface area contributed by atoms with Gasteiger partial charge in [0.15, 0.2) is 5.11 Å². The molecule has 0 heterocycles. The Morgan fingerprint density at radius 2 is 1.37 bits per heavy atom. The lowest BCUT2D eigenvalue weighted by atomic mass is 10.1. The van der Waals surface area contributed by atoms with Crippen molar-refractivity contribution in [1.29, 1.82) is 0 Å². The number of carbonyl (C=O) groups excluding carboxylic acids is 1. The van der Waals surface area contributed by atoms with E-state index in [1.54, 1.807) is 18.2 Å². The van der Waals surface area contributed by atoms with Gasteiger partial charge in [0, 0.05) is 16.3 Å². The van der Waals surface area contributed by atoms with Crippen LogP contribution in [0.2, 0.25) is 10.0 Å². The first-order valence-electron chi connectivity index (χ1n) is 10.7. The minimum absolute atomic E-state index is 0.204. The Hall–Kier alpha value is -3.03. The van der Waals surface area contributed by atoms with E-state index in [-0.39, 0.29) is 5.91 Å². The van der Waals surface area contributed by atoms with Crippen LogP contribution >= 0.6 is 47.2 Å². The van der Waals surface area contributed by atoms with Gasteiger partial charge in [-0.3, -0.25) is 4.79 Å². The molecule has 0 aliphatic heterocycles. The zero-order chi connectivity index (χ0) is 24.6. The van der Waals surface area contributed by atoms with Gasteiger partial charge in [-0.25, -0.2) is 0 Å². The molecule has 0 saturated carbocycles. The van der Waals surface area contributed by atoms with E-state index in [1.165, 1.54) is 11.8 Å². The van der Waals surface area contributed by atoms with Gasteiger partial charge in [0.05, 0.1) is 15.7 Å². The van der Waals surface area contributed by atoms with Gasteiger partial charge in [-0.15, -0.1) is 11.8 Å². The molecule has 4 aromatic rings. The van der Waals surface area contributed by atoms with Crippen LogP contribution in [0, 0.1) is 0 Å². The highest BCUT2D eigenvalue weighted by Gasteiger charge is 2.23. The predicted molar refractivity (Wildman–Crippen MR) is 153 cm³/mol. The van der Waals surface area contributed by atoms with E-state index in [2.05, 4.69) is 16.0 Å². The van der Waals surface area contributed by atoms with Crippen LogP contribution in [0.1, 0.15) is 10.8 Å². The number of hydrogen-bond acceptors (Lipinski definition) is 3. The average molecular weight is 539 g/mol. The first-order valence-corrected chi connectivity index (χ1v) is 12.7. The normalized spacial score (nSPS) is 11.4. The van der Waals surface area contributed by atoms with Crippen LogP contribution in [0.3, 0.4) is 0 Å². The quantitative estimate of drug-likeness (QED) is 0.163. The summed E-state index contributed by atoms with van der Waals surface area (Å²) >= 11 is 19.3. The van der Waals surface area contributed by atoms with E-state index in [1.807, 2.05) is 84.9 Å². The first-order chi connectivity index (χ1) is 17.0. The fraction of sp³-hybridized carbons (Fsp3) is 0.0370. The van der Waals surface area contributed by atoms with Crippen molar-refractivity contribution in [2.24, 2.45) is 0 Å². The van der Waals surface area contributed by atoms with Crippen LogP contribution in [-0.4, -0.2) is 11.0 Å². The van der Waals surface area contributed by atoms with Crippen LogP contribution in [0.25, 0.3) is 0 Å². The number of thiocarbonyl (C=S) groups is 1. The second kappa shape index (κ2) is 12.1. The monoisotopic (exact) mass is 537 g/mol. The maximum atomic E-state index is 13.4. The van der Waals surface area contributed by atoms with Gasteiger partial charge in [0.2, 0.25) is 5.91 Å². The molecule has 4 nitrogen and oxygen atoms in total. The lowest BCUT2D eigenvalue weighted by Gasteiger charge is -2.18. The lowest BCUT2D eigenvalue weighted by molar-refractivity contribution is -0.115. The number of halogens is 2. The topological polar surface area (TPSA) is 53.2 Å². The Balaban J connectivity index is 1.52. The summed E-state index contributed by atoms with van der Waals surface area (Å²) in [6, 6.07) is 32.2. The molecule has 0 spiro atoms. The van der Waals surface area contributed by atoms with Crippen LogP contribution in [0.5, 0.6) is 0 Å². The number of thioether (sulfide) groups is 1. The summed E-state index contributed by atoms with van der Waals surface area (Å²) in [5, 5.41) is 9.93. The Kier molecular flexibility index (Phi) is 8.66. The molecule has 1 unspecified atom stereocenters. The van der Waals surface area contributed by atoms with Crippen molar-refractivity contribution in [2.45, 2.75) is 10.1 Å². The van der Waals surface area contributed by atoms with Gasteiger partial charge < -0.3 is 16.0 Å². The molecule has 0 bridgehead atoms. The highest BCUT2D eigenvalue weighted by Crippen LogP contribution is 2.38. The third-order valence-electron chi connectivity index (χ3n) is 4.93. The van der Waals surface area contributed by atoms with Crippen molar-refractivity contribution in [3.05, 3.63) is 119 Å². The molecular formula is C27H21Cl2N3OS2. The molecule has 176 valence electrons. The summed E-state index contributed by atoms with van der Waals surface area (Å²) in [5.74, 6) is -0.204. The number of rotatable bonds is 7. The molecule has 0 radical (unpaired) electrons.